The first-order valence-electron chi connectivity index (χ1n) is 11.8. The van der Waals surface area contributed by atoms with E-state index in [-0.39, 0.29) is 5.91 Å². The van der Waals surface area contributed by atoms with Gasteiger partial charge in [0.2, 0.25) is 0 Å². The van der Waals surface area contributed by atoms with Crippen LogP contribution < -0.4 is 4.90 Å². The Morgan fingerprint density at radius 2 is 1.88 bits per heavy atom. The standard InChI is InChI=1S/C26H31N5O2/c1-29-10-11-31(26(32)22-7-9-28-25(17-22)30-12-14-33-15-13-30)19-20(18-29)16-21-4-2-6-24-23(21)5-3-8-27-24/h2-9,17,20H,10-16,18-19H2,1H3/t20-/m1/s1. The van der Waals surface area contributed by atoms with E-state index in [1.54, 1.807) is 6.20 Å². The zero-order valence-electron chi connectivity index (χ0n) is 19.2. The highest BCUT2D eigenvalue weighted by molar-refractivity contribution is 5.95. The number of anilines is 1. The van der Waals surface area contributed by atoms with Gasteiger partial charge in [-0.3, -0.25) is 9.78 Å². The van der Waals surface area contributed by atoms with Gasteiger partial charge in [-0.15, -0.1) is 0 Å². The lowest BCUT2D eigenvalue weighted by atomic mass is 9.95. The molecule has 7 heteroatoms. The van der Waals surface area contributed by atoms with E-state index in [4.69, 9.17) is 4.74 Å². The van der Waals surface area contributed by atoms with E-state index in [0.29, 0.717) is 24.7 Å². The van der Waals surface area contributed by atoms with Gasteiger partial charge >= 0.3 is 0 Å². The lowest BCUT2D eigenvalue weighted by molar-refractivity contribution is 0.0746. The number of amides is 1. The van der Waals surface area contributed by atoms with Gasteiger partial charge in [0.1, 0.15) is 5.82 Å². The van der Waals surface area contributed by atoms with Crippen LogP contribution >= 0.6 is 0 Å². The number of morpholine rings is 1. The van der Waals surface area contributed by atoms with Gasteiger partial charge in [-0.05, 0) is 49.2 Å². The Hall–Kier alpha value is -3.03. The van der Waals surface area contributed by atoms with E-state index < -0.39 is 0 Å². The fraction of sp³-hybridized carbons (Fsp3) is 0.423. The first-order valence-corrected chi connectivity index (χ1v) is 11.8. The number of pyridine rings is 2. The number of nitrogens with zero attached hydrogens (tertiary/aromatic N) is 5. The molecule has 2 saturated heterocycles. The van der Waals surface area contributed by atoms with Crippen molar-refractivity contribution in [2.45, 2.75) is 6.42 Å². The molecule has 0 unspecified atom stereocenters. The molecule has 1 aromatic carbocycles. The second-order valence-electron chi connectivity index (χ2n) is 9.07. The largest absolute Gasteiger partial charge is 0.378 e. The molecule has 1 amide bonds. The summed E-state index contributed by atoms with van der Waals surface area (Å²) >= 11 is 0. The lowest BCUT2D eigenvalue weighted by Crippen LogP contribution is -2.38. The molecule has 2 fully saturated rings. The van der Waals surface area contributed by atoms with Crippen molar-refractivity contribution < 1.29 is 9.53 Å². The van der Waals surface area contributed by atoms with Crippen molar-refractivity contribution in [1.29, 1.82) is 0 Å². The van der Waals surface area contributed by atoms with Crippen molar-refractivity contribution >= 4 is 22.6 Å². The third-order valence-corrected chi connectivity index (χ3v) is 6.66. The monoisotopic (exact) mass is 445 g/mol. The zero-order valence-corrected chi connectivity index (χ0v) is 19.2. The highest BCUT2D eigenvalue weighted by atomic mass is 16.5. The maximum Gasteiger partial charge on any atom is 0.254 e. The van der Waals surface area contributed by atoms with E-state index in [9.17, 15) is 4.79 Å². The lowest BCUT2D eigenvalue weighted by Gasteiger charge is -2.28. The van der Waals surface area contributed by atoms with Crippen LogP contribution in [-0.4, -0.2) is 85.2 Å². The molecule has 0 N–H and O–H groups in total. The zero-order chi connectivity index (χ0) is 22.6. The van der Waals surface area contributed by atoms with Crippen LogP contribution in [0.3, 0.4) is 0 Å². The van der Waals surface area contributed by atoms with Crippen LogP contribution in [0, 0.1) is 5.92 Å². The van der Waals surface area contributed by atoms with E-state index in [1.807, 2.05) is 29.3 Å². The van der Waals surface area contributed by atoms with Crippen LogP contribution in [0.15, 0.2) is 54.9 Å². The molecule has 0 bridgehead atoms. The first kappa shape index (κ1) is 21.8. The summed E-state index contributed by atoms with van der Waals surface area (Å²) in [6.07, 6.45) is 4.51. The fourth-order valence-electron chi connectivity index (χ4n) is 4.95. The Kier molecular flexibility index (Phi) is 6.51. The summed E-state index contributed by atoms with van der Waals surface area (Å²) < 4.78 is 5.45. The molecule has 33 heavy (non-hydrogen) atoms. The maximum atomic E-state index is 13.5. The number of aromatic nitrogens is 2. The maximum absolute atomic E-state index is 13.5. The van der Waals surface area contributed by atoms with Crippen LogP contribution in [-0.2, 0) is 11.2 Å². The number of rotatable bonds is 4. The normalized spacial score (nSPS) is 20.1. The van der Waals surface area contributed by atoms with Crippen molar-refractivity contribution in [2.75, 3.05) is 64.4 Å². The Morgan fingerprint density at radius 1 is 1.00 bits per heavy atom. The second kappa shape index (κ2) is 9.85. The van der Waals surface area contributed by atoms with E-state index in [0.717, 1.165) is 57.0 Å². The summed E-state index contributed by atoms with van der Waals surface area (Å²) in [5.41, 5.74) is 3.04. The van der Waals surface area contributed by atoms with Crippen molar-refractivity contribution in [2.24, 2.45) is 5.92 Å². The van der Waals surface area contributed by atoms with Crippen molar-refractivity contribution in [3.05, 3.63) is 66.0 Å². The van der Waals surface area contributed by atoms with E-state index in [2.05, 4.69) is 51.1 Å². The summed E-state index contributed by atoms with van der Waals surface area (Å²) in [5, 5.41) is 1.20. The minimum absolute atomic E-state index is 0.0896. The molecular formula is C26H31N5O2. The average molecular weight is 446 g/mol. The number of hydrogen-bond donors (Lipinski definition) is 0. The van der Waals surface area contributed by atoms with Gasteiger partial charge in [0.05, 0.1) is 18.7 Å². The fourth-order valence-corrected chi connectivity index (χ4v) is 4.95. The van der Waals surface area contributed by atoms with Crippen LogP contribution in [0.25, 0.3) is 10.9 Å². The molecule has 172 valence electrons. The molecule has 2 aromatic heterocycles. The Morgan fingerprint density at radius 3 is 2.76 bits per heavy atom. The first-order chi connectivity index (χ1) is 16.2. The number of fused-ring (bicyclic) bond motifs is 1. The molecule has 2 aliphatic rings. The van der Waals surface area contributed by atoms with Gasteiger partial charge in [0, 0.05) is 62.6 Å². The summed E-state index contributed by atoms with van der Waals surface area (Å²) in [7, 11) is 2.15. The average Bonchev–Trinajstić information content (AvgIpc) is 3.05. The SMILES string of the molecule is CN1CCN(C(=O)c2ccnc(N3CCOCC3)c2)C[C@H](Cc2cccc3ncccc23)C1. The molecule has 5 rings (SSSR count). The van der Waals surface area contributed by atoms with Crippen molar-refractivity contribution in [3.8, 4) is 0 Å². The summed E-state index contributed by atoms with van der Waals surface area (Å²) in [6, 6.07) is 14.3. The highest BCUT2D eigenvalue weighted by Gasteiger charge is 2.26. The third kappa shape index (κ3) is 4.99. The summed E-state index contributed by atoms with van der Waals surface area (Å²) in [4.78, 5) is 29.1. The predicted molar refractivity (Wildman–Crippen MR) is 130 cm³/mol. The number of hydrogen-bond acceptors (Lipinski definition) is 6. The molecule has 0 saturated carbocycles. The molecule has 0 aliphatic carbocycles. The molecule has 7 nitrogen and oxygen atoms in total. The smallest absolute Gasteiger partial charge is 0.254 e. The van der Waals surface area contributed by atoms with Gasteiger partial charge in [-0.1, -0.05) is 18.2 Å². The van der Waals surface area contributed by atoms with Crippen LogP contribution in [0.2, 0.25) is 0 Å². The number of carbonyl (C=O) groups is 1. The number of benzene rings is 1. The van der Waals surface area contributed by atoms with Crippen molar-refractivity contribution in [3.63, 3.8) is 0 Å². The summed E-state index contributed by atoms with van der Waals surface area (Å²) in [6.45, 7) is 6.33. The molecule has 2 aliphatic heterocycles. The van der Waals surface area contributed by atoms with Gasteiger partial charge < -0.3 is 19.4 Å². The van der Waals surface area contributed by atoms with Crippen LogP contribution in [0.5, 0.6) is 0 Å². The molecule has 1 atom stereocenters. The van der Waals surface area contributed by atoms with Gasteiger partial charge in [-0.2, -0.15) is 0 Å². The van der Waals surface area contributed by atoms with Crippen molar-refractivity contribution in [1.82, 2.24) is 19.8 Å². The molecular weight excluding hydrogens is 414 g/mol. The molecule has 0 spiro atoms. The van der Waals surface area contributed by atoms with Crippen LogP contribution in [0.1, 0.15) is 15.9 Å². The van der Waals surface area contributed by atoms with Gasteiger partial charge in [-0.25, -0.2) is 4.98 Å². The highest BCUT2D eigenvalue weighted by Crippen LogP contribution is 2.23. The van der Waals surface area contributed by atoms with Gasteiger partial charge in [0.15, 0.2) is 0 Å². The Labute approximate surface area is 195 Å². The minimum atomic E-state index is 0.0896. The number of likely N-dealkylation sites (N-methyl/N-ethyl adjacent to an activating group) is 1. The topological polar surface area (TPSA) is 61.8 Å². The minimum Gasteiger partial charge on any atom is -0.378 e. The number of carbonyl (C=O) groups excluding carboxylic acids is 1. The van der Waals surface area contributed by atoms with Crippen LogP contribution in [0.4, 0.5) is 5.82 Å². The molecule has 4 heterocycles. The third-order valence-electron chi connectivity index (χ3n) is 6.66. The van der Waals surface area contributed by atoms with E-state index in [1.165, 1.54) is 10.9 Å². The molecule has 0 radical (unpaired) electrons. The predicted octanol–water partition coefficient (Wildman–Crippen LogP) is 2.71. The number of ether oxygens (including phenoxy) is 1. The van der Waals surface area contributed by atoms with E-state index >= 15 is 0 Å². The van der Waals surface area contributed by atoms with Gasteiger partial charge in [0.25, 0.3) is 5.91 Å². The Balaban J connectivity index is 1.34. The Bertz CT molecular complexity index is 1110. The second-order valence-corrected chi connectivity index (χ2v) is 9.07. The summed E-state index contributed by atoms with van der Waals surface area (Å²) in [5.74, 6) is 1.30. The molecule has 3 aromatic rings. The quantitative estimate of drug-likeness (QED) is 0.616.